The van der Waals surface area contributed by atoms with E-state index in [1.54, 1.807) is 11.3 Å². The number of halogens is 1. The number of hydrogen-bond donors (Lipinski definition) is 1. The Morgan fingerprint density at radius 2 is 2.29 bits per heavy atom. The highest BCUT2D eigenvalue weighted by molar-refractivity contribution is 7.15. The molecule has 2 N–H and O–H groups in total. The Balaban J connectivity index is 2.39. The lowest BCUT2D eigenvalue weighted by Crippen LogP contribution is -2.33. The van der Waals surface area contributed by atoms with Gasteiger partial charge in [0.2, 0.25) is 0 Å². The van der Waals surface area contributed by atoms with Crippen LogP contribution in [0.25, 0.3) is 0 Å². The first-order valence-electron chi connectivity index (χ1n) is 4.86. The summed E-state index contributed by atoms with van der Waals surface area (Å²) in [5.74, 6) is 0.567. The van der Waals surface area contributed by atoms with E-state index in [0.717, 1.165) is 12.1 Å². The van der Waals surface area contributed by atoms with Crippen molar-refractivity contribution in [3.8, 4) is 0 Å². The van der Waals surface area contributed by atoms with Gasteiger partial charge >= 0.3 is 0 Å². The summed E-state index contributed by atoms with van der Waals surface area (Å²) >= 11 is 7.44. The average Bonchev–Trinajstić information content (AvgIpc) is 2.53. The van der Waals surface area contributed by atoms with E-state index in [4.69, 9.17) is 17.3 Å². The molecule has 1 aliphatic carbocycles. The van der Waals surface area contributed by atoms with Crippen molar-refractivity contribution < 1.29 is 0 Å². The van der Waals surface area contributed by atoms with Gasteiger partial charge in [-0.15, -0.1) is 11.3 Å². The Labute approximate surface area is 93.5 Å². The molecule has 2 rings (SSSR count). The van der Waals surface area contributed by atoms with Crippen molar-refractivity contribution in [1.29, 1.82) is 0 Å². The fourth-order valence-electron chi connectivity index (χ4n) is 2.03. The molecule has 78 valence electrons. The first-order chi connectivity index (χ1) is 6.45. The van der Waals surface area contributed by atoms with Crippen molar-refractivity contribution in [3.05, 3.63) is 15.0 Å². The topological polar surface area (TPSA) is 38.9 Å². The molecule has 0 aromatic carbocycles. The lowest BCUT2D eigenvalue weighted by molar-refractivity contribution is 0.186. The Morgan fingerprint density at radius 1 is 1.64 bits per heavy atom. The summed E-state index contributed by atoms with van der Waals surface area (Å²) in [6.07, 6.45) is 1.02. The number of nitrogens with two attached hydrogens (primary N) is 1. The van der Waals surface area contributed by atoms with Gasteiger partial charge in [0, 0.05) is 4.88 Å². The first-order valence-corrected chi connectivity index (χ1v) is 6.05. The summed E-state index contributed by atoms with van der Waals surface area (Å²) < 4.78 is 0.622. The van der Waals surface area contributed by atoms with Crippen LogP contribution in [0.4, 0.5) is 0 Å². The molecule has 0 aliphatic heterocycles. The maximum atomic E-state index is 6.22. The molecule has 0 radical (unpaired) electrons. The molecule has 4 heteroatoms. The molecule has 0 saturated heterocycles. The average molecular weight is 231 g/mol. The van der Waals surface area contributed by atoms with Crippen molar-refractivity contribution >= 4 is 22.9 Å². The van der Waals surface area contributed by atoms with Gasteiger partial charge in [0.1, 0.15) is 0 Å². The summed E-state index contributed by atoms with van der Waals surface area (Å²) in [6.45, 7) is 6.68. The highest BCUT2D eigenvalue weighted by Gasteiger charge is 2.44. The van der Waals surface area contributed by atoms with E-state index in [1.807, 2.05) is 0 Å². The van der Waals surface area contributed by atoms with E-state index >= 15 is 0 Å². The van der Waals surface area contributed by atoms with E-state index in [0.29, 0.717) is 10.4 Å². The summed E-state index contributed by atoms with van der Waals surface area (Å²) in [7, 11) is 0. The smallest absolute Gasteiger partial charge is 0.184 e. The maximum Gasteiger partial charge on any atom is 0.184 e. The lowest BCUT2D eigenvalue weighted by Gasteiger charge is -2.33. The molecule has 1 unspecified atom stereocenters. The molecule has 0 spiro atoms. The molecule has 2 nitrogen and oxygen atoms in total. The van der Waals surface area contributed by atoms with E-state index < -0.39 is 0 Å². The predicted octanol–water partition coefficient (Wildman–Crippen LogP) is 3.01. The Morgan fingerprint density at radius 3 is 2.79 bits per heavy atom. The zero-order valence-corrected chi connectivity index (χ0v) is 10.2. The quantitative estimate of drug-likeness (QED) is 0.806. The number of fused-ring (bicyclic) bond motifs is 1. The van der Waals surface area contributed by atoms with Crippen LogP contribution in [0.5, 0.6) is 0 Å². The molecule has 2 atom stereocenters. The molecule has 14 heavy (non-hydrogen) atoms. The van der Waals surface area contributed by atoms with Crippen LogP contribution in [0.1, 0.15) is 37.4 Å². The van der Waals surface area contributed by atoms with Gasteiger partial charge in [0.15, 0.2) is 4.47 Å². The fourth-order valence-corrected chi connectivity index (χ4v) is 3.41. The van der Waals surface area contributed by atoms with Crippen LogP contribution < -0.4 is 5.73 Å². The molecule has 1 heterocycles. The molecular formula is C10H15ClN2S. The van der Waals surface area contributed by atoms with Crippen LogP contribution in [0.3, 0.4) is 0 Å². The summed E-state index contributed by atoms with van der Waals surface area (Å²) in [5.41, 5.74) is 7.40. The van der Waals surface area contributed by atoms with Gasteiger partial charge in [-0.2, -0.15) is 0 Å². The van der Waals surface area contributed by atoms with Crippen molar-refractivity contribution in [2.24, 2.45) is 17.1 Å². The van der Waals surface area contributed by atoms with Crippen LogP contribution >= 0.6 is 22.9 Å². The van der Waals surface area contributed by atoms with E-state index in [1.165, 1.54) is 4.88 Å². The first kappa shape index (κ1) is 10.4. The van der Waals surface area contributed by atoms with Gasteiger partial charge in [-0.3, -0.25) is 0 Å². The Kier molecular flexibility index (Phi) is 2.37. The molecule has 0 bridgehead atoms. The highest BCUT2D eigenvalue weighted by Crippen LogP contribution is 2.50. The number of nitrogens with zero attached hydrogens (tertiary/aromatic N) is 1. The van der Waals surface area contributed by atoms with Crippen LogP contribution in [0.15, 0.2) is 0 Å². The Hall–Kier alpha value is -0.120. The second-order valence-electron chi connectivity index (χ2n) is 4.59. The van der Waals surface area contributed by atoms with Crippen LogP contribution in [0.2, 0.25) is 4.47 Å². The zero-order chi connectivity index (χ0) is 10.5. The molecule has 1 aromatic rings. The van der Waals surface area contributed by atoms with Crippen LogP contribution in [0, 0.1) is 11.3 Å². The molecule has 0 amide bonds. The Bertz CT molecular complexity index is 361. The van der Waals surface area contributed by atoms with Gasteiger partial charge < -0.3 is 5.73 Å². The van der Waals surface area contributed by atoms with Crippen molar-refractivity contribution in [1.82, 2.24) is 4.98 Å². The van der Waals surface area contributed by atoms with Gasteiger partial charge in [0.25, 0.3) is 0 Å². The number of thiazole rings is 1. The SMILES string of the molecule is CC(C)C1(C)Cc2sc(Cl)nc2[C@H]1N. The third-order valence-corrected chi connectivity index (χ3v) is 4.74. The third-order valence-electron chi connectivity index (χ3n) is 3.57. The molecule has 1 aromatic heterocycles. The minimum absolute atomic E-state index is 0.0428. The molecule has 1 aliphatic rings. The second kappa shape index (κ2) is 3.19. The number of rotatable bonds is 1. The zero-order valence-electron chi connectivity index (χ0n) is 8.67. The largest absolute Gasteiger partial charge is 0.322 e. The third kappa shape index (κ3) is 1.30. The summed E-state index contributed by atoms with van der Waals surface area (Å²) in [4.78, 5) is 5.59. The highest BCUT2D eigenvalue weighted by atomic mass is 35.5. The monoisotopic (exact) mass is 230 g/mol. The predicted molar refractivity (Wildman–Crippen MR) is 60.7 cm³/mol. The van der Waals surface area contributed by atoms with Crippen molar-refractivity contribution in [2.75, 3.05) is 0 Å². The minimum Gasteiger partial charge on any atom is -0.322 e. The maximum absolute atomic E-state index is 6.22. The fraction of sp³-hybridized carbons (Fsp3) is 0.700. The van der Waals surface area contributed by atoms with E-state index in [2.05, 4.69) is 25.8 Å². The lowest BCUT2D eigenvalue weighted by atomic mass is 9.74. The summed E-state index contributed by atoms with van der Waals surface area (Å²) in [6, 6.07) is 0.0428. The van der Waals surface area contributed by atoms with E-state index in [-0.39, 0.29) is 11.5 Å². The van der Waals surface area contributed by atoms with Crippen molar-refractivity contribution in [3.63, 3.8) is 0 Å². The summed E-state index contributed by atoms with van der Waals surface area (Å²) in [5, 5.41) is 0. The second-order valence-corrected chi connectivity index (χ2v) is 6.26. The van der Waals surface area contributed by atoms with Crippen LogP contribution in [-0.2, 0) is 6.42 Å². The van der Waals surface area contributed by atoms with Gasteiger partial charge in [-0.1, -0.05) is 32.4 Å². The van der Waals surface area contributed by atoms with Crippen molar-refractivity contribution in [2.45, 2.75) is 33.2 Å². The van der Waals surface area contributed by atoms with Gasteiger partial charge in [-0.05, 0) is 17.8 Å². The molecule has 0 fully saturated rings. The van der Waals surface area contributed by atoms with E-state index in [9.17, 15) is 0 Å². The molecular weight excluding hydrogens is 216 g/mol. The van der Waals surface area contributed by atoms with Gasteiger partial charge in [0.05, 0.1) is 11.7 Å². The molecule has 0 saturated carbocycles. The number of hydrogen-bond acceptors (Lipinski definition) is 3. The standard InChI is InChI=1S/C10H15ClN2S/c1-5(2)10(3)4-6-7(8(10)12)13-9(11)14-6/h5,8H,4,12H2,1-3H3/t8-,10?/m1/s1. The number of aromatic nitrogens is 1. The minimum atomic E-state index is 0.0428. The normalized spacial score (nSPS) is 31.1. The van der Waals surface area contributed by atoms with Crippen LogP contribution in [-0.4, -0.2) is 4.98 Å². The van der Waals surface area contributed by atoms with Gasteiger partial charge in [-0.25, -0.2) is 4.98 Å².